The maximum Gasteiger partial charge on any atom is 0.236 e. The lowest BCUT2D eigenvalue weighted by molar-refractivity contribution is -0.133. The summed E-state index contributed by atoms with van der Waals surface area (Å²) in [5.41, 5.74) is 2.81. The highest BCUT2D eigenvalue weighted by Gasteiger charge is 2.27. The Morgan fingerprint density at radius 3 is 2.86 bits per heavy atom. The number of ether oxygens (including phenoxy) is 1. The molecule has 0 N–H and O–H groups in total. The molecule has 4 rings (SSSR count). The van der Waals surface area contributed by atoms with Gasteiger partial charge in [-0.2, -0.15) is 0 Å². The first-order chi connectivity index (χ1) is 13.7. The molecule has 0 radical (unpaired) electrons. The van der Waals surface area contributed by atoms with Gasteiger partial charge in [-0.05, 0) is 50.9 Å². The Bertz CT molecular complexity index is 820. The predicted molar refractivity (Wildman–Crippen MR) is 108 cm³/mol. The summed E-state index contributed by atoms with van der Waals surface area (Å²) < 4.78 is 5.32. The summed E-state index contributed by atoms with van der Waals surface area (Å²) in [5.74, 6) is 1.30. The molecule has 0 spiro atoms. The number of carbonyl (C=O) groups excluding carboxylic acids is 1. The van der Waals surface area contributed by atoms with Gasteiger partial charge in [0, 0.05) is 30.8 Å². The molecule has 1 aromatic heterocycles. The molecule has 1 unspecified atom stereocenters. The molecule has 2 aromatic rings. The van der Waals surface area contributed by atoms with E-state index in [1.54, 1.807) is 13.3 Å². The van der Waals surface area contributed by atoms with Gasteiger partial charge in [-0.25, -0.2) is 4.98 Å². The molecule has 6 nitrogen and oxygen atoms in total. The molecule has 0 saturated carbocycles. The summed E-state index contributed by atoms with van der Waals surface area (Å²) >= 11 is 0. The van der Waals surface area contributed by atoms with Gasteiger partial charge in [0.1, 0.15) is 5.75 Å². The molecule has 1 aromatic carbocycles. The average molecular weight is 380 g/mol. The minimum atomic E-state index is 0.245. The fraction of sp³-hybridized carbons (Fsp3) is 0.500. The smallest absolute Gasteiger partial charge is 0.236 e. The SMILES string of the molecule is COc1cccc(-c2cncc(C3CCCN(C(=O)CN4CCCC4)C3)n2)c1. The molecule has 1 atom stereocenters. The highest BCUT2D eigenvalue weighted by Crippen LogP contribution is 2.28. The van der Waals surface area contributed by atoms with Crippen LogP contribution in [0.5, 0.6) is 5.75 Å². The Kier molecular flexibility index (Phi) is 5.86. The molecule has 1 amide bonds. The Hall–Kier alpha value is -2.47. The fourth-order valence-electron chi connectivity index (χ4n) is 4.18. The van der Waals surface area contributed by atoms with E-state index >= 15 is 0 Å². The first-order valence-corrected chi connectivity index (χ1v) is 10.2. The van der Waals surface area contributed by atoms with Crippen molar-refractivity contribution in [2.24, 2.45) is 0 Å². The number of benzene rings is 1. The normalized spacial score (nSPS) is 20.3. The van der Waals surface area contributed by atoms with E-state index in [0.717, 1.165) is 61.7 Å². The van der Waals surface area contributed by atoms with Crippen LogP contribution in [0.15, 0.2) is 36.7 Å². The third-order valence-electron chi connectivity index (χ3n) is 5.77. The highest BCUT2D eigenvalue weighted by atomic mass is 16.5. The van der Waals surface area contributed by atoms with Gasteiger partial charge >= 0.3 is 0 Å². The second-order valence-electron chi connectivity index (χ2n) is 7.72. The van der Waals surface area contributed by atoms with Gasteiger partial charge in [-0.1, -0.05) is 12.1 Å². The first kappa shape index (κ1) is 18.9. The standard InChI is InChI=1S/C22H28N4O2/c1-28-19-8-4-6-17(12-19)20-13-23-14-21(24-20)18-7-5-11-26(15-18)22(27)16-25-9-2-3-10-25/h4,6,8,12-14,18H,2-3,5,7,9-11,15-16H2,1H3. The van der Waals surface area contributed by atoms with Crippen molar-refractivity contribution in [3.63, 3.8) is 0 Å². The van der Waals surface area contributed by atoms with E-state index in [2.05, 4.69) is 9.88 Å². The summed E-state index contributed by atoms with van der Waals surface area (Å²) in [5, 5.41) is 0. The molecule has 6 heteroatoms. The van der Waals surface area contributed by atoms with Gasteiger partial charge in [-0.3, -0.25) is 14.7 Å². The van der Waals surface area contributed by atoms with Gasteiger partial charge in [-0.15, -0.1) is 0 Å². The fourth-order valence-corrected chi connectivity index (χ4v) is 4.18. The summed E-state index contributed by atoms with van der Waals surface area (Å²) in [6.45, 7) is 4.26. The third-order valence-corrected chi connectivity index (χ3v) is 5.77. The van der Waals surface area contributed by atoms with Crippen LogP contribution in [0.25, 0.3) is 11.3 Å². The van der Waals surface area contributed by atoms with E-state index in [4.69, 9.17) is 9.72 Å². The lowest BCUT2D eigenvalue weighted by Gasteiger charge is -2.33. The molecule has 0 aliphatic carbocycles. The highest BCUT2D eigenvalue weighted by molar-refractivity contribution is 5.78. The van der Waals surface area contributed by atoms with Gasteiger partial charge in [0.25, 0.3) is 0 Å². The van der Waals surface area contributed by atoms with E-state index in [0.29, 0.717) is 6.54 Å². The van der Waals surface area contributed by atoms with Crippen LogP contribution in [0, 0.1) is 0 Å². The van der Waals surface area contributed by atoms with Crippen molar-refractivity contribution in [3.8, 4) is 17.0 Å². The lowest BCUT2D eigenvalue weighted by atomic mass is 9.94. The maximum absolute atomic E-state index is 12.7. The number of rotatable bonds is 5. The maximum atomic E-state index is 12.7. The van der Waals surface area contributed by atoms with Crippen molar-refractivity contribution >= 4 is 5.91 Å². The van der Waals surface area contributed by atoms with Crippen LogP contribution in [-0.2, 0) is 4.79 Å². The second kappa shape index (κ2) is 8.69. The number of amides is 1. The molecule has 3 heterocycles. The molecular weight excluding hydrogens is 352 g/mol. The zero-order valence-corrected chi connectivity index (χ0v) is 16.5. The lowest BCUT2D eigenvalue weighted by Crippen LogP contribution is -2.44. The van der Waals surface area contributed by atoms with Gasteiger partial charge in [0.2, 0.25) is 5.91 Å². The first-order valence-electron chi connectivity index (χ1n) is 10.2. The molecular formula is C22H28N4O2. The molecule has 0 bridgehead atoms. The molecule has 28 heavy (non-hydrogen) atoms. The van der Waals surface area contributed by atoms with Crippen LogP contribution in [0.3, 0.4) is 0 Å². The number of likely N-dealkylation sites (tertiary alicyclic amines) is 2. The number of aromatic nitrogens is 2. The topological polar surface area (TPSA) is 58.6 Å². The Morgan fingerprint density at radius 2 is 2.04 bits per heavy atom. The van der Waals surface area contributed by atoms with E-state index in [1.165, 1.54) is 12.8 Å². The zero-order valence-electron chi connectivity index (χ0n) is 16.5. The van der Waals surface area contributed by atoms with Crippen molar-refractivity contribution in [1.82, 2.24) is 19.8 Å². The number of nitrogens with zero attached hydrogens (tertiary/aromatic N) is 4. The Morgan fingerprint density at radius 1 is 1.18 bits per heavy atom. The summed E-state index contributed by atoms with van der Waals surface area (Å²) in [7, 11) is 1.66. The van der Waals surface area contributed by atoms with Gasteiger partial charge in [0.05, 0.1) is 31.2 Å². The number of carbonyl (C=O) groups is 1. The van der Waals surface area contributed by atoms with E-state index in [9.17, 15) is 4.79 Å². The molecule has 2 saturated heterocycles. The van der Waals surface area contributed by atoms with Gasteiger partial charge < -0.3 is 9.64 Å². The van der Waals surface area contributed by atoms with Crippen molar-refractivity contribution in [2.75, 3.05) is 39.8 Å². The van der Waals surface area contributed by atoms with Crippen LogP contribution in [0.2, 0.25) is 0 Å². The molecule has 148 valence electrons. The van der Waals surface area contributed by atoms with E-state index in [1.807, 2.05) is 35.4 Å². The minimum absolute atomic E-state index is 0.245. The number of hydrogen-bond donors (Lipinski definition) is 0. The Balaban J connectivity index is 1.46. The van der Waals surface area contributed by atoms with Crippen LogP contribution in [-0.4, -0.2) is 65.5 Å². The monoisotopic (exact) mass is 380 g/mol. The van der Waals surface area contributed by atoms with E-state index < -0.39 is 0 Å². The molecule has 2 aliphatic heterocycles. The van der Waals surface area contributed by atoms with Gasteiger partial charge in [0.15, 0.2) is 0 Å². The zero-order chi connectivity index (χ0) is 19.3. The van der Waals surface area contributed by atoms with Crippen molar-refractivity contribution in [2.45, 2.75) is 31.6 Å². The van der Waals surface area contributed by atoms with Crippen LogP contribution < -0.4 is 4.74 Å². The third kappa shape index (κ3) is 4.33. The number of piperidine rings is 1. The van der Waals surface area contributed by atoms with Crippen LogP contribution >= 0.6 is 0 Å². The minimum Gasteiger partial charge on any atom is -0.497 e. The number of hydrogen-bond acceptors (Lipinski definition) is 5. The molecule has 2 aliphatic rings. The Labute approximate surface area is 166 Å². The van der Waals surface area contributed by atoms with Crippen molar-refractivity contribution < 1.29 is 9.53 Å². The summed E-state index contributed by atoms with van der Waals surface area (Å²) in [6.07, 6.45) is 8.12. The van der Waals surface area contributed by atoms with Crippen LogP contribution in [0.4, 0.5) is 0 Å². The molecule has 2 fully saturated rings. The largest absolute Gasteiger partial charge is 0.497 e. The predicted octanol–water partition coefficient (Wildman–Crippen LogP) is 2.95. The number of methoxy groups -OCH3 is 1. The average Bonchev–Trinajstić information content (AvgIpc) is 3.27. The summed E-state index contributed by atoms with van der Waals surface area (Å²) in [6, 6.07) is 7.87. The van der Waals surface area contributed by atoms with E-state index in [-0.39, 0.29) is 11.8 Å². The quantitative estimate of drug-likeness (QED) is 0.798. The van der Waals surface area contributed by atoms with Crippen LogP contribution in [0.1, 0.15) is 37.3 Å². The second-order valence-corrected chi connectivity index (χ2v) is 7.72. The van der Waals surface area contributed by atoms with Crippen molar-refractivity contribution in [1.29, 1.82) is 0 Å². The summed E-state index contributed by atoms with van der Waals surface area (Å²) in [4.78, 5) is 26.3. The van der Waals surface area contributed by atoms with Crippen molar-refractivity contribution in [3.05, 3.63) is 42.4 Å².